The number of benzene rings is 1. The maximum atomic E-state index is 13.6. The van der Waals surface area contributed by atoms with Gasteiger partial charge in [-0.1, -0.05) is 0 Å². The fourth-order valence-electron chi connectivity index (χ4n) is 1.30. The van der Waals surface area contributed by atoms with Gasteiger partial charge in [0.2, 0.25) is 0 Å². The summed E-state index contributed by atoms with van der Waals surface area (Å²) in [6, 6.07) is 1.00. The fraction of sp³-hybridized carbons (Fsp3) is 0.364. The Morgan fingerprint density at radius 3 is 1.88 bits per heavy atom. The van der Waals surface area contributed by atoms with Crippen molar-refractivity contribution in [3.05, 3.63) is 23.3 Å². The molecule has 1 N–H and O–H groups in total. The lowest BCUT2D eigenvalue weighted by Crippen LogP contribution is -2.09. The highest BCUT2D eigenvalue weighted by molar-refractivity contribution is 5.89. The maximum absolute atomic E-state index is 13.6. The molecule has 6 heteroatoms. The lowest BCUT2D eigenvalue weighted by atomic mass is 10.1. The zero-order valence-electron chi connectivity index (χ0n) is 9.42. The zero-order valence-corrected chi connectivity index (χ0v) is 9.42. The molecule has 0 radical (unpaired) electrons. The third-order valence-electron chi connectivity index (χ3n) is 1.95. The van der Waals surface area contributed by atoms with Gasteiger partial charge in [-0.3, -0.25) is 0 Å². The van der Waals surface area contributed by atoms with Gasteiger partial charge in [-0.05, 0) is 13.8 Å². The number of aromatic carboxylic acids is 1. The number of halogens is 2. The normalized spacial score (nSPS) is 10.1. The number of carboxylic acid groups (broad SMARTS) is 1. The highest BCUT2D eigenvalue weighted by Crippen LogP contribution is 2.31. The van der Waals surface area contributed by atoms with Crippen molar-refractivity contribution in [2.45, 2.75) is 13.8 Å². The number of hydrogen-bond donors (Lipinski definition) is 1. The molecule has 0 unspecified atom stereocenters. The van der Waals surface area contributed by atoms with E-state index in [0.717, 1.165) is 6.07 Å². The van der Waals surface area contributed by atoms with Crippen LogP contribution in [-0.4, -0.2) is 24.3 Å². The van der Waals surface area contributed by atoms with Gasteiger partial charge in [0.1, 0.15) is 5.56 Å². The summed E-state index contributed by atoms with van der Waals surface area (Å²) >= 11 is 0. The lowest BCUT2D eigenvalue weighted by Gasteiger charge is -2.12. The molecule has 1 aromatic rings. The summed E-state index contributed by atoms with van der Waals surface area (Å²) in [7, 11) is 0. The molecule has 0 heterocycles. The highest BCUT2D eigenvalue weighted by Gasteiger charge is 2.25. The standard InChI is InChI=1S/C11H12F2O4/c1-3-16-6-5-7(17-4-2)10(13)8(9(6)12)11(14)15/h5H,3-4H2,1-2H3,(H,14,15). The van der Waals surface area contributed by atoms with Crippen LogP contribution in [0.3, 0.4) is 0 Å². The molecule has 0 aliphatic carbocycles. The van der Waals surface area contributed by atoms with E-state index in [1.54, 1.807) is 13.8 Å². The zero-order chi connectivity index (χ0) is 13.0. The van der Waals surface area contributed by atoms with E-state index < -0.39 is 23.2 Å². The van der Waals surface area contributed by atoms with Crippen molar-refractivity contribution in [2.24, 2.45) is 0 Å². The molecule has 0 saturated heterocycles. The molecule has 1 aromatic carbocycles. The summed E-state index contributed by atoms with van der Waals surface area (Å²) in [6.45, 7) is 3.47. The lowest BCUT2D eigenvalue weighted by molar-refractivity contribution is 0.0683. The molecule has 17 heavy (non-hydrogen) atoms. The highest BCUT2D eigenvalue weighted by atomic mass is 19.1. The quantitative estimate of drug-likeness (QED) is 0.867. The minimum Gasteiger partial charge on any atom is -0.491 e. The van der Waals surface area contributed by atoms with E-state index in [1.807, 2.05) is 0 Å². The number of hydrogen-bond acceptors (Lipinski definition) is 3. The van der Waals surface area contributed by atoms with Crippen LogP contribution in [0.5, 0.6) is 11.5 Å². The van der Waals surface area contributed by atoms with E-state index in [4.69, 9.17) is 14.6 Å². The molecule has 0 atom stereocenters. The SMILES string of the molecule is CCOc1cc(OCC)c(F)c(C(=O)O)c1F. The van der Waals surface area contributed by atoms with Crippen LogP contribution in [0.4, 0.5) is 8.78 Å². The van der Waals surface area contributed by atoms with Gasteiger partial charge in [-0.15, -0.1) is 0 Å². The van der Waals surface area contributed by atoms with Crippen LogP contribution in [0.25, 0.3) is 0 Å². The topological polar surface area (TPSA) is 55.8 Å². The molecule has 0 aliphatic rings. The monoisotopic (exact) mass is 246 g/mol. The van der Waals surface area contributed by atoms with Crippen molar-refractivity contribution in [3.8, 4) is 11.5 Å². The smallest absolute Gasteiger partial charge is 0.342 e. The Morgan fingerprint density at radius 1 is 1.18 bits per heavy atom. The number of ether oxygens (including phenoxy) is 2. The Balaban J connectivity index is 3.40. The summed E-state index contributed by atoms with van der Waals surface area (Å²) in [4.78, 5) is 10.8. The first-order chi connectivity index (χ1) is 8.02. The fourth-order valence-corrected chi connectivity index (χ4v) is 1.30. The largest absolute Gasteiger partial charge is 0.491 e. The van der Waals surface area contributed by atoms with Crippen LogP contribution in [0.2, 0.25) is 0 Å². The minimum atomic E-state index is -1.71. The van der Waals surface area contributed by atoms with E-state index in [-0.39, 0.29) is 24.7 Å². The van der Waals surface area contributed by atoms with Gasteiger partial charge in [0.05, 0.1) is 13.2 Å². The van der Waals surface area contributed by atoms with Crippen LogP contribution in [0.1, 0.15) is 24.2 Å². The molecule has 0 spiro atoms. The van der Waals surface area contributed by atoms with Gasteiger partial charge in [-0.2, -0.15) is 0 Å². The van der Waals surface area contributed by atoms with E-state index in [9.17, 15) is 13.6 Å². The Labute approximate surface area is 96.8 Å². The average Bonchev–Trinajstić information content (AvgIpc) is 2.25. The first-order valence-electron chi connectivity index (χ1n) is 5.03. The van der Waals surface area contributed by atoms with Crippen LogP contribution in [0, 0.1) is 11.6 Å². The first-order valence-corrected chi connectivity index (χ1v) is 5.03. The molecule has 0 aromatic heterocycles. The number of carboxylic acids is 1. The van der Waals surface area contributed by atoms with Crippen LogP contribution >= 0.6 is 0 Å². The van der Waals surface area contributed by atoms with Crippen LogP contribution < -0.4 is 9.47 Å². The molecule has 0 saturated carbocycles. The van der Waals surface area contributed by atoms with Crippen LogP contribution in [-0.2, 0) is 0 Å². The van der Waals surface area contributed by atoms with Crippen molar-refractivity contribution in [1.82, 2.24) is 0 Å². The molecular weight excluding hydrogens is 234 g/mol. The van der Waals surface area contributed by atoms with Crippen molar-refractivity contribution in [1.29, 1.82) is 0 Å². The van der Waals surface area contributed by atoms with Crippen LogP contribution in [0.15, 0.2) is 6.07 Å². The van der Waals surface area contributed by atoms with Crippen molar-refractivity contribution >= 4 is 5.97 Å². The second-order valence-electron chi connectivity index (χ2n) is 3.05. The van der Waals surface area contributed by atoms with Gasteiger partial charge < -0.3 is 14.6 Å². The van der Waals surface area contributed by atoms with E-state index in [1.165, 1.54) is 0 Å². The van der Waals surface area contributed by atoms with Crippen molar-refractivity contribution in [2.75, 3.05) is 13.2 Å². The molecule has 0 fully saturated rings. The minimum absolute atomic E-state index is 0.132. The Hall–Kier alpha value is -1.85. The van der Waals surface area contributed by atoms with Gasteiger partial charge in [0.25, 0.3) is 0 Å². The third-order valence-corrected chi connectivity index (χ3v) is 1.95. The van der Waals surface area contributed by atoms with Gasteiger partial charge >= 0.3 is 5.97 Å². The first kappa shape index (κ1) is 13.2. The van der Waals surface area contributed by atoms with Crippen molar-refractivity contribution < 1.29 is 28.2 Å². The Bertz CT molecular complexity index is 402. The maximum Gasteiger partial charge on any atom is 0.342 e. The Morgan fingerprint density at radius 2 is 1.59 bits per heavy atom. The van der Waals surface area contributed by atoms with E-state index in [0.29, 0.717) is 0 Å². The summed E-state index contributed by atoms with van der Waals surface area (Å²) < 4.78 is 36.9. The Kier molecular flexibility index (Phi) is 4.25. The second kappa shape index (κ2) is 5.47. The summed E-state index contributed by atoms with van der Waals surface area (Å²) in [5.74, 6) is -4.85. The van der Waals surface area contributed by atoms with Gasteiger partial charge in [0.15, 0.2) is 23.1 Å². The number of carbonyl (C=O) groups is 1. The predicted molar refractivity (Wildman–Crippen MR) is 55.7 cm³/mol. The summed E-state index contributed by atoms with van der Waals surface area (Å²) in [5, 5.41) is 8.74. The van der Waals surface area contributed by atoms with Gasteiger partial charge in [0, 0.05) is 6.07 Å². The second-order valence-corrected chi connectivity index (χ2v) is 3.05. The summed E-state index contributed by atoms with van der Waals surface area (Å²) in [5.41, 5.74) is -1.07. The van der Waals surface area contributed by atoms with Crippen molar-refractivity contribution in [3.63, 3.8) is 0 Å². The molecular formula is C11H12F2O4. The molecule has 1 rings (SSSR count). The van der Waals surface area contributed by atoms with E-state index >= 15 is 0 Å². The predicted octanol–water partition coefficient (Wildman–Crippen LogP) is 2.46. The van der Waals surface area contributed by atoms with E-state index in [2.05, 4.69) is 0 Å². The molecule has 94 valence electrons. The molecule has 4 nitrogen and oxygen atoms in total. The number of rotatable bonds is 5. The third kappa shape index (κ3) is 2.64. The average molecular weight is 246 g/mol. The molecule has 0 amide bonds. The molecule has 0 bridgehead atoms. The summed E-state index contributed by atoms with van der Waals surface area (Å²) in [6.07, 6.45) is 0. The molecule has 0 aliphatic heterocycles. The van der Waals surface area contributed by atoms with Gasteiger partial charge in [-0.25, -0.2) is 13.6 Å².